The molecule has 1 aromatic rings. The highest BCUT2D eigenvalue weighted by atomic mass is 16.5. The zero-order chi connectivity index (χ0) is 12.5. The zero-order valence-corrected chi connectivity index (χ0v) is 10.7. The van der Waals surface area contributed by atoms with Crippen molar-refractivity contribution in [1.29, 1.82) is 0 Å². The van der Waals surface area contributed by atoms with E-state index in [4.69, 9.17) is 0 Å². The largest absolute Gasteiger partial charge is 0.469 e. The number of pyridine rings is 1. The lowest BCUT2D eigenvalue weighted by Gasteiger charge is -1.80. The van der Waals surface area contributed by atoms with E-state index in [1.807, 2.05) is 45.9 Å². The Hall–Kier alpha value is -1.38. The van der Waals surface area contributed by atoms with E-state index in [2.05, 4.69) is 9.72 Å². The van der Waals surface area contributed by atoms with Gasteiger partial charge in [0.05, 0.1) is 7.11 Å². The minimum atomic E-state index is -0.245. The third-order valence-corrected chi connectivity index (χ3v) is 0.854. The van der Waals surface area contributed by atoms with Gasteiger partial charge in [-0.2, -0.15) is 0 Å². The zero-order valence-electron chi connectivity index (χ0n) is 10.7. The summed E-state index contributed by atoms with van der Waals surface area (Å²) in [6.07, 6.45) is 3.50. The number of aromatic nitrogens is 1. The van der Waals surface area contributed by atoms with Crippen molar-refractivity contribution >= 4 is 5.97 Å². The molecule has 15 heavy (non-hydrogen) atoms. The van der Waals surface area contributed by atoms with Crippen molar-refractivity contribution in [3.8, 4) is 0 Å². The first-order valence-electron chi connectivity index (χ1n) is 5.17. The summed E-state index contributed by atoms with van der Waals surface area (Å²) in [5, 5.41) is 0. The van der Waals surface area contributed by atoms with Crippen LogP contribution in [0.5, 0.6) is 0 Å². The molecule has 0 aliphatic heterocycles. The molecule has 0 fully saturated rings. The van der Waals surface area contributed by atoms with Crippen molar-refractivity contribution in [1.82, 2.24) is 4.98 Å². The van der Waals surface area contributed by atoms with E-state index in [0.29, 0.717) is 0 Å². The Labute approximate surface area is 93.5 Å². The first-order chi connectivity index (χ1) is 7.27. The number of methoxy groups -OCH3 is 1. The molecule has 0 spiro atoms. The minimum absolute atomic E-state index is 0.245. The van der Waals surface area contributed by atoms with E-state index < -0.39 is 0 Å². The third-order valence-electron chi connectivity index (χ3n) is 0.854. The van der Waals surface area contributed by atoms with Gasteiger partial charge in [-0.15, -0.1) is 0 Å². The van der Waals surface area contributed by atoms with Gasteiger partial charge in [-0.1, -0.05) is 33.8 Å². The highest BCUT2D eigenvalue weighted by molar-refractivity contribution is 5.65. The highest BCUT2D eigenvalue weighted by Crippen LogP contribution is 1.73. The Morgan fingerprint density at radius 1 is 1.00 bits per heavy atom. The maximum atomic E-state index is 9.59. The lowest BCUT2D eigenvalue weighted by Crippen LogP contribution is -1.88. The molecule has 0 bridgehead atoms. The third kappa shape index (κ3) is 32.5. The number of carbonyl (C=O) groups excluding carboxylic acids is 1. The predicted octanol–water partition coefficient (Wildman–Crippen LogP) is 3.31. The van der Waals surface area contributed by atoms with Gasteiger partial charge in [0, 0.05) is 19.3 Å². The minimum Gasteiger partial charge on any atom is -0.469 e. The fourth-order valence-electron chi connectivity index (χ4n) is 0.313. The van der Waals surface area contributed by atoms with Gasteiger partial charge in [-0.3, -0.25) is 9.78 Å². The van der Waals surface area contributed by atoms with Crippen LogP contribution in [0.4, 0.5) is 0 Å². The summed E-state index contributed by atoms with van der Waals surface area (Å²) < 4.78 is 4.11. The van der Waals surface area contributed by atoms with E-state index in [9.17, 15) is 4.79 Å². The Kier molecular flexibility index (Phi) is 29.4. The molecular weight excluding hydrogens is 190 g/mol. The van der Waals surface area contributed by atoms with Crippen LogP contribution >= 0.6 is 0 Å². The van der Waals surface area contributed by atoms with Gasteiger partial charge in [0.15, 0.2) is 0 Å². The molecule has 88 valence electrons. The summed E-state index contributed by atoms with van der Waals surface area (Å²) in [5.74, 6) is -0.245. The summed E-state index contributed by atoms with van der Waals surface area (Å²) in [6.45, 7) is 9.36. The normalized spacial score (nSPS) is 6.27. The van der Waals surface area contributed by atoms with Crippen LogP contribution in [0.2, 0.25) is 0 Å². The van der Waals surface area contributed by atoms with Crippen LogP contribution in [0.15, 0.2) is 30.6 Å². The highest BCUT2D eigenvalue weighted by Gasteiger charge is 1.75. The first kappa shape index (κ1) is 19.2. The summed E-state index contributed by atoms with van der Waals surface area (Å²) in [7, 11) is 1.35. The molecule has 3 nitrogen and oxygen atoms in total. The Morgan fingerprint density at radius 3 is 1.40 bits per heavy atom. The maximum Gasteiger partial charge on any atom is 0.302 e. The van der Waals surface area contributed by atoms with Crippen LogP contribution in [0.3, 0.4) is 0 Å². The van der Waals surface area contributed by atoms with Crippen LogP contribution < -0.4 is 0 Å². The van der Waals surface area contributed by atoms with Crippen molar-refractivity contribution in [2.45, 2.75) is 34.6 Å². The Balaban J connectivity index is -0.000000146. The summed E-state index contributed by atoms with van der Waals surface area (Å²) in [4.78, 5) is 13.4. The fraction of sp³-hybridized carbons (Fsp3) is 0.500. The molecule has 1 rings (SSSR count). The molecule has 1 heterocycles. The van der Waals surface area contributed by atoms with Crippen LogP contribution in [0.25, 0.3) is 0 Å². The Bertz CT molecular complexity index is 161. The number of nitrogens with zero attached hydrogens (tertiary/aromatic N) is 1. The summed E-state index contributed by atoms with van der Waals surface area (Å²) >= 11 is 0. The van der Waals surface area contributed by atoms with E-state index in [1.54, 1.807) is 12.4 Å². The van der Waals surface area contributed by atoms with Crippen molar-refractivity contribution < 1.29 is 9.53 Å². The molecule has 0 atom stereocenters. The topological polar surface area (TPSA) is 39.2 Å². The average molecular weight is 213 g/mol. The number of ether oxygens (including phenoxy) is 1. The fourth-order valence-corrected chi connectivity index (χ4v) is 0.313. The van der Waals surface area contributed by atoms with Crippen LogP contribution in [0.1, 0.15) is 34.6 Å². The average Bonchev–Trinajstić information content (AvgIpc) is 2.37. The van der Waals surface area contributed by atoms with Gasteiger partial charge >= 0.3 is 5.97 Å². The molecule has 0 saturated heterocycles. The molecule has 3 heteroatoms. The van der Waals surface area contributed by atoms with Crippen molar-refractivity contribution in [3.05, 3.63) is 30.6 Å². The molecule has 0 amide bonds. The molecule has 0 radical (unpaired) electrons. The predicted molar refractivity (Wildman–Crippen MR) is 64.6 cm³/mol. The molecule has 0 aromatic carbocycles. The lowest BCUT2D eigenvalue weighted by atomic mass is 10.5. The number of carbonyl (C=O) groups is 1. The second-order valence-corrected chi connectivity index (χ2v) is 1.72. The van der Waals surface area contributed by atoms with E-state index in [0.717, 1.165) is 0 Å². The molecule has 0 saturated carbocycles. The van der Waals surface area contributed by atoms with Crippen LogP contribution in [-0.2, 0) is 9.53 Å². The molecule has 0 N–H and O–H groups in total. The smallest absolute Gasteiger partial charge is 0.302 e. The first-order valence-corrected chi connectivity index (χ1v) is 5.17. The number of esters is 1. The maximum absolute atomic E-state index is 9.59. The molecule has 0 unspecified atom stereocenters. The SMILES string of the molecule is CC.CC.COC(C)=O.c1ccncc1. The van der Waals surface area contributed by atoms with E-state index >= 15 is 0 Å². The van der Waals surface area contributed by atoms with E-state index in [1.165, 1.54) is 14.0 Å². The lowest BCUT2D eigenvalue weighted by molar-refractivity contribution is -0.137. The summed E-state index contributed by atoms with van der Waals surface area (Å²) in [5.41, 5.74) is 0. The van der Waals surface area contributed by atoms with Gasteiger partial charge in [-0.25, -0.2) is 0 Å². The van der Waals surface area contributed by atoms with Gasteiger partial charge in [0.25, 0.3) is 0 Å². The van der Waals surface area contributed by atoms with E-state index in [-0.39, 0.29) is 5.97 Å². The molecule has 0 aliphatic rings. The summed E-state index contributed by atoms with van der Waals surface area (Å²) in [6, 6.07) is 5.72. The van der Waals surface area contributed by atoms with Gasteiger partial charge in [-0.05, 0) is 12.1 Å². The monoisotopic (exact) mass is 213 g/mol. The second-order valence-electron chi connectivity index (χ2n) is 1.72. The van der Waals surface area contributed by atoms with Crippen LogP contribution in [-0.4, -0.2) is 18.1 Å². The van der Waals surface area contributed by atoms with Crippen LogP contribution in [0, 0.1) is 0 Å². The number of hydrogen-bond acceptors (Lipinski definition) is 3. The van der Waals surface area contributed by atoms with Crippen molar-refractivity contribution in [3.63, 3.8) is 0 Å². The van der Waals surface area contributed by atoms with Gasteiger partial charge in [0.2, 0.25) is 0 Å². The second kappa shape index (κ2) is 22.9. The molecule has 1 aromatic heterocycles. The quantitative estimate of drug-likeness (QED) is 0.621. The Morgan fingerprint density at radius 2 is 1.33 bits per heavy atom. The van der Waals surface area contributed by atoms with Crippen molar-refractivity contribution in [2.75, 3.05) is 7.11 Å². The van der Waals surface area contributed by atoms with Gasteiger partial charge < -0.3 is 4.74 Å². The molecule has 0 aliphatic carbocycles. The van der Waals surface area contributed by atoms with Gasteiger partial charge in [0.1, 0.15) is 0 Å². The number of rotatable bonds is 0. The van der Waals surface area contributed by atoms with Crippen molar-refractivity contribution in [2.24, 2.45) is 0 Å². The molecular formula is C12H23NO2. The number of hydrogen-bond donors (Lipinski definition) is 0. The standard InChI is InChI=1S/C5H5N.C3H6O2.2C2H6/c1-2-4-6-5-3-1;1-3(4)5-2;2*1-2/h1-5H;1-2H3;2*1-2H3.